The molecule has 60 valence electrons. The minimum Gasteiger partial charge on any atom is -0.314 e. The average molecular weight is 141 g/mol. The van der Waals surface area contributed by atoms with E-state index in [0.717, 1.165) is 12.0 Å². The van der Waals surface area contributed by atoms with Gasteiger partial charge in [0.25, 0.3) is 0 Å². The van der Waals surface area contributed by atoms with E-state index >= 15 is 0 Å². The summed E-state index contributed by atoms with van der Waals surface area (Å²) in [5, 5.41) is 3.58. The summed E-state index contributed by atoms with van der Waals surface area (Å²) in [4.78, 5) is 0. The number of hydrogen-bond donors (Lipinski definition) is 1. The van der Waals surface area contributed by atoms with Crippen LogP contribution in [0.1, 0.15) is 39.5 Å². The van der Waals surface area contributed by atoms with E-state index in [0.29, 0.717) is 0 Å². The Balaban J connectivity index is 2.14. The molecule has 0 amide bonds. The van der Waals surface area contributed by atoms with Crippen LogP contribution < -0.4 is 5.32 Å². The summed E-state index contributed by atoms with van der Waals surface area (Å²) >= 11 is 0. The van der Waals surface area contributed by atoms with E-state index in [-0.39, 0.29) is 0 Å². The van der Waals surface area contributed by atoms with E-state index in [2.05, 4.69) is 19.2 Å². The van der Waals surface area contributed by atoms with Crippen LogP contribution in [0.5, 0.6) is 0 Å². The topological polar surface area (TPSA) is 12.0 Å². The molecule has 0 bridgehead atoms. The summed E-state index contributed by atoms with van der Waals surface area (Å²) in [6.45, 7) is 5.79. The Kier molecular flexibility index (Phi) is 3.20. The molecule has 0 aromatic heterocycles. The molecule has 10 heavy (non-hydrogen) atoms. The van der Waals surface area contributed by atoms with E-state index in [1.54, 1.807) is 0 Å². The molecule has 0 aliphatic heterocycles. The fourth-order valence-corrected chi connectivity index (χ4v) is 1.78. The Hall–Kier alpha value is -0.0400. The Bertz CT molecular complexity index is 90.7. The van der Waals surface area contributed by atoms with Gasteiger partial charge in [-0.1, -0.05) is 20.3 Å². The molecule has 1 saturated carbocycles. The molecule has 0 aromatic carbocycles. The molecular formula is C9H19N. The summed E-state index contributed by atoms with van der Waals surface area (Å²) in [6.07, 6.45) is 5.54. The van der Waals surface area contributed by atoms with Crippen molar-refractivity contribution in [2.24, 2.45) is 5.92 Å². The quantitative estimate of drug-likeness (QED) is 0.635. The van der Waals surface area contributed by atoms with Crippen LogP contribution in [0.25, 0.3) is 0 Å². The Morgan fingerprint density at radius 3 is 2.70 bits per heavy atom. The van der Waals surface area contributed by atoms with Crippen molar-refractivity contribution >= 4 is 0 Å². The highest BCUT2D eigenvalue weighted by Gasteiger charge is 2.21. The molecule has 1 fully saturated rings. The molecule has 2 unspecified atom stereocenters. The molecule has 0 heterocycles. The Morgan fingerprint density at radius 2 is 2.20 bits per heavy atom. The normalized spacial score (nSPS) is 33.0. The van der Waals surface area contributed by atoms with E-state index in [1.165, 1.54) is 32.2 Å². The third kappa shape index (κ3) is 1.98. The average Bonchev–Trinajstić information content (AvgIpc) is 2.31. The highest BCUT2D eigenvalue weighted by Crippen LogP contribution is 2.24. The van der Waals surface area contributed by atoms with Crippen molar-refractivity contribution in [2.75, 3.05) is 6.54 Å². The molecule has 0 saturated heterocycles. The molecule has 1 aliphatic rings. The van der Waals surface area contributed by atoms with Gasteiger partial charge in [-0.3, -0.25) is 0 Å². The summed E-state index contributed by atoms with van der Waals surface area (Å²) in [7, 11) is 0. The van der Waals surface area contributed by atoms with Crippen molar-refractivity contribution in [1.82, 2.24) is 5.32 Å². The molecule has 1 rings (SSSR count). The van der Waals surface area contributed by atoms with E-state index < -0.39 is 0 Å². The first-order chi connectivity index (χ1) is 4.84. The standard InChI is InChI=1S/C9H19N/c1-3-7-10-9-6-4-5-8(9)2/h8-10H,3-7H2,1-2H3. The van der Waals surface area contributed by atoms with Gasteiger partial charge < -0.3 is 5.32 Å². The van der Waals surface area contributed by atoms with Crippen LogP contribution in [0.4, 0.5) is 0 Å². The minimum absolute atomic E-state index is 0.833. The monoisotopic (exact) mass is 141 g/mol. The lowest BCUT2D eigenvalue weighted by molar-refractivity contribution is 0.428. The minimum atomic E-state index is 0.833. The van der Waals surface area contributed by atoms with E-state index in [1.807, 2.05) is 0 Å². The predicted molar refractivity (Wildman–Crippen MR) is 45.1 cm³/mol. The molecule has 0 aromatic rings. The Morgan fingerprint density at radius 1 is 1.40 bits per heavy atom. The van der Waals surface area contributed by atoms with Gasteiger partial charge in [-0.25, -0.2) is 0 Å². The molecule has 1 heteroatoms. The highest BCUT2D eigenvalue weighted by molar-refractivity contribution is 4.79. The molecule has 0 radical (unpaired) electrons. The lowest BCUT2D eigenvalue weighted by Gasteiger charge is -2.16. The van der Waals surface area contributed by atoms with Crippen LogP contribution in [0.2, 0.25) is 0 Å². The first kappa shape index (κ1) is 8.06. The van der Waals surface area contributed by atoms with Gasteiger partial charge in [0.05, 0.1) is 0 Å². The second kappa shape index (κ2) is 3.97. The molecule has 1 N–H and O–H groups in total. The second-order valence-electron chi connectivity index (χ2n) is 3.47. The molecule has 0 spiro atoms. The maximum absolute atomic E-state index is 3.58. The molecular weight excluding hydrogens is 122 g/mol. The van der Waals surface area contributed by atoms with Gasteiger partial charge in [-0.05, 0) is 31.7 Å². The van der Waals surface area contributed by atoms with Gasteiger partial charge in [0.15, 0.2) is 0 Å². The van der Waals surface area contributed by atoms with Gasteiger partial charge in [0.2, 0.25) is 0 Å². The van der Waals surface area contributed by atoms with Crippen molar-refractivity contribution in [3.05, 3.63) is 0 Å². The largest absolute Gasteiger partial charge is 0.314 e. The highest BCUT2D eigenvalue weighted by atomic mass is 14.9. The number of nitrogens with one attached hydrogen (secondary N) is 1. The van der Waals surface area contributed by atoms with Crippen LogP contribution in [-0.4, -0.2) is 12.6 Å². The van der Waals surface area contributed by atoms with Crippen molar-refractivity contribution in [3.63, 3.8) is 0 Å². The molecule has 1 nitrogen and oxygen atoms in total. The number of rotatable bonds is 3. The maximum Gasteiger partial charge on any atom is 0.00926 e. The van der Waals surface area contributed by atoms with Gasteiger partial charge in [-0.2, -0.15) is 0 Å². The van der Waals surface area contributed by atoms with Gasteiger partial charge in [0, 0.05) is 6.04 Å². The zero-order chi connectivity index (χ0) is 7.40. The molecule has 1 aliphatic carbocycles. The summed E-state index contributed by atoms with van der Waals surface area (Å²) in [5.74, 6) is 0.923. The van der Waals surface area contributed by atoms with Crippen LogP contribution >= 0.6 is 0 Å². The van der Waals surface area contributed by atoms with Crippen molar-refractivity contribution in [2.45, 2.75) is 45.6 Å². The first-order valence-electron chi connectivity index (χ1n) is 4.58. The van der Waals surface area contributed by atoms with Crippen molar-refractivity contribution in [3.8, 4) is 0 Å². The third-order valence-corrected chi connectivity index (χ3v) is 2.52. The van der Waals surface area contributed by atoms with Crippen LogP contribution in [0.15, 0.2) is 0 Å². The zero-order valence-electron chi connectivity index (χ0n) is 7.19. The first-order valence-corrected chi connectivity index (χ1v) is 4.58. The van der Waals surface area contributed by atoms with Crippen LogP contribution in [-0.2, 0) is 0 Å². The van der Waals surface area contributed by atoms with Crippen LogP contribution in [0.3, 0.4) is 0 Å². The summed E-state index contributed by atoms with van der Waals surface area (Å²) < 4.78 is 0. The molecule has 2 atom stereocenters. The van der Waals surface area contributed by atoms with E-state index in [4.69, 9.17) is 0 Å². The van der Waals surface area contributed by atoms with Gasteiger partial charge in [-0.15, -0.1) is 0 Å². The summed E-state index contributed by atoms with van der Waals surface area (Å²) in [5.41, 5.74) is 0. The second-order valence-corrected chi connectivity index (χ2v) is 3.47. The van der Waals surface area contributed by atoms with Crippen molar-refractivity contribution in [1.29, 1.82) is 0 Å². The lowest BCUT2D eigenvalue weighted by atomic mass is 10.1. The van der Waals surface area contributed by atoms with Gasteiger partial charge in [0.1, 0.15) is 0 Å². The SMILES string of the molecule is CCCNC1CCCC1C. The fourth-order valence-electron chi connectivity index (χ4n) is 1.78. The zero-order valence-corrected chi connectivity index (χ0v) is 7.19. The van der Waals surface area contributed by atoms with E-state index in [9.17, 15) is 0 Å². The van der Waals surface area contributed by atoms with Crippen LogP contribution in [0, 0.1) is 5.92 Å². The third-order valence-electron chi connectivity index (χ3n) is 2.52. The lowest BCUT2D eigenvalue weighted by Crippen LogP contribution is -2.31. The van der Waals surface area contributed by atoms with Crippen molar-refractivity contribution < 1.29 is 0 Å². The fraction of sp³-hybridized carbons (Fsp3) is 1.00. The maximum atomic E-state index is 3.58. The van der Waals surface area contributed by atoms with Gasteiger partial charge >= 0.3 is 0 Å². The summed E-state index contributed by atoms with van der Waals surface area (Å²) in [6, 6.07) is 0.833. The Labute approximate surface area is 64.2 Å². The number of hydrogen-bond acceptors (Lipinski definition) is 1. The smallest absolute Gasteiger partial charge is 0.00926 e. The predicted octanol–water partition coefficient (Wildman–Crippen LogP) is 2.17.